The molecule has 0 unspecified atom stereocenters. The molecule has 15 heteroatoms. The number of nitrogens with one attached hydrogen (secondary N) is 2. The average molecular weight is 675 g/mol. The minimum Gasteiger partial charge on any atom is -0.354 e. The lowest BCUT2D eigenvalue weighted by atomic mass is 10.2. The molecule has 1 aromatic carbocycles. The van der Waals surface area contributed by atoms with E-state index in [0.29, 0.717) is 71.8 Å². The highest BCUT2D eigenvalue weighted by Gasteiger charge is 2.29. The number of nitrogens with zero attached hydrogens (tertiary/aromatic N) is 5. The minimum absolute atomic E-state index is 0. The van der Waals surface area contributed by atoms with Crippen molar-refractivity contribution in [2.75, 3.05) is 61.2 Å². The van der Waals surface area contributed by atoms with Crippen molar-refractivity contribution in [1.82, 2.24) is 19.9 Å². The average Bonchev–Trinajstić information content (AvgIpc) is 3.35. The van der Waals surface area contributed by atoms with Gasteiger partial charge in [0.1, 0.15) is 28.6 Å². The van der Waals surface area contributed by atoms with Crippen LogP contribution in [-0.2, 0) is 13.6 Å². The van der Waals surface area contributed by atoms with Crippen LogP contribution in [0.1, 0.15) is 34.9 Å². The van der Waals surface area contributed by atoms with E-state index >= 15 is 0 Å². The van der Waals surface area contributed by atoms with E-state index in [2.05, 4.69) is 35.4 Å². The maximum atomic E-state index is 12.9. The van der Waals surface area contributed by atoms with Crippen LogP contribution < -0.4 is 15.5 Å². The maximum Gasteiger partial charge on any atom is 0.344 e. The normalized spacial score (nSPS) is 14.1. The molecule has 218 valence electrons. The van der Waals surface area contributed by atoms with Crippen LogP contribution >= 0.6 is 47.5 Å². The van der Waals surface area contributed by atoms with Crippen LogP contribution in [0.25, 0.3) is 0 Å². The lowest BCUT2D eigenvalue weighted by Gasteiger charge is -2.36. The van der Waals surface area contributed by atoms with Gasteiger partial charge in [0.25, 0.3) is 5.91 Å². The van der Waals surface area contributed by atoms with Gasteiger partial charge in [-0.3, -0.25) is 14.3 Å². The van der Waals surface area contributed by atoms with E-state index in [0.717, 1.165) is 11.4 Å². The van der Waals surface area contributed by atoms with Gasteiger partial charge in [-0.25, -0.2) is 15.0 Å². The number of carbonyl (C=O) groups excluding carboxylic acids is 1. The first-order valence-electron chi connectivity index (χ1n) is 12.7. The number of para-hydroxylation sites is 1. The van der Waals surface area contributed by atoms with Crippen molar-refractivity contribution in [2.45, 2.75) is 27.7 Å². The Morgan fingerprint density at radius 2 is 1.82 bits per heavy atom. The number of hydrogen-bond donors (Lipinski definition) is 2. The number of piperazine rings is 1. The minimum atomic E-state index is -3.13. The fourth-order valence-corrected chi connectivity index (χ4v) is 6.95. The standard InChI is InChI=1S/C25H33ClN7O4PS.BrH/c1-5-36-38(35,37-6-2)16-32-10-12-33(13-11-32)22-14-21(28-18(4)29-22)30-25-27-15-20(39-25)24(34)31-23-17(3)8-7-9-19(23)26;/h7-9,14-15H,5-6,10-13,16H2,1-4H3,(H,31,34)(H,27,28,29,30);1H. The summed E-state index contributed by atoms with van der Waals surface area (Å²) in [6.07, 6.45) is 1.79. The van der Waals surface area contributed by atoms with Gasteiger partial charge in [0.2, 0.25) is 0 Å². The molecule has 0 aliphatic carbocycles. The first kappa shape index (κ1) is 32.4. The Hall–Kier alpha value is -2.12. The predicted molar refractivity (Wildman–Crippen MR) is 166 cm³/mol. The molecule has 0 atom stereocenters. The Bertz CT molecular complexity index is 1330. The van der Waals surface area contributed by atoms with Gasteiger partial charge < -0.3 is 24.6 Å². The third-order valence-corrected chi connectivity index (χ3v) is 9.25. The number of amides is 1. The predicted octanol–water partition coefficient (Wildman–Crippen LogP) is 6.12. The molecule has 4 rings (SSSR count). The Morgan fingerprint density at radius 1 is 1.12 bits per heavy atom. The van der Waals surface area contributed by atoms with Gasteiger partial charge in [-0.2, -0.15) is 0 Å². The summed E-state index contributed by atoms with van der Waals surface area (Å²) in [5, 5.41) is 7.08. The molecule has 0 spiro atoms. The van der Waals surface area contributed by atoms with Crippen molar-refractivity contribution in [3.63, 3.8) is 0 Å². The van der Waals surface area contributed by atoms with Crippen LogP contribution in [0.4, 0.5) is 22.5 Å². The first-order chi connectivity index (χ1) is 18.7. The van der Waals surface area contributed by atoms with Crippen LogP contribution in [-0.4, -0.2) is 71.4 Å². The lowest BCUT2D eigenvalue weighted by Crippen LogP contribution is -2.47. The molecule has 11 nitrogen and oxygen atoms in total. The molecule has 1 amide bonds. The van der Waals surface area contributed by atoms with Gasteiger partial charge in [0.05, 0.1) is 30.1 Å². The number of thiazole rings is 1. The van der Waals surface area contributed by atoms with Gasteiger partial charge in [0.15, 0.2) is 5.13 Å². The quantitative estimate of drug-likeness (QED) is 0.230. The summed E-state index contributed by atoms with van der Waals surface area (Å²) in [5.74, 6) is 1.69. The number of anilines is 4. The number of halogens is 2. The Morgan fingerprint density at radius 3 is 2.48 bits per heavy atom. The van der Waals surface area contributed by atoms with Gasteiger partial charge in [-0.15, -0.1) is 17.0 Å². The number of rotatable bonds is 11. The second kappa shape index (κ2) is 14.7. The van der Waals surface area contributed by atoms with Crippen molar-refractivity contribution < 1.29 is 18.4 Å². The summed E-state index contributed by atoms with van der Waals surface area (Å²) in [4.78, 5) is 30.9. The molecule has 1 aliphatic rings. The lowest BCUT2D eigenvalue weighted by molar-refractivity contribution is 0.103. The van der Waals surface area contributed by atoms with E-state index in [1.54, 1.807) is 6.07 Å². The summed E-state index contributed by atoms with van der Waals surface area (Å²) in [5.41, 5.74) is 1.46. The summed E-state index contributed by atoms with van der Waals surface area (Å²) >= 11 is 7.46. The number of hydrogen-bond acceptors (Lipinski definition) is 11. The molecule has 1 fully saturated rings. The Kier molecular flexibility index (Phi) is 11.9. The summed E-state index contributed by atoms with van der Waals surface area (Å²) in [7, 11) is -3.13. The zero-order valence-electron chi connectivity index (χ0n) is 22.8. The third-order valence-electron chi connectivity index (χ3n) is 5.97. The van der Waals surface area contributed by atoms with E-state index in [1.807, 2.05) is 45.9 Å². The van der Waals surface area contributed by atoms with Crippen LogP contribution in [0, 0.1) is 13.8 Å². The second-order valence-corrected chi connectivity index (χ2v) is 12.4. The van der Waals surface area contributed by atoms with E-state index in [-0.39, 0.29) is 29.2 Å². The number of aromatic nitrogens is 3. The topological polar surface area (TPSA) is 122 Å². The molecule has 1 aliphatic heterocycles. The maximum absolute atomic E-state index is 12.9. The first-order valence-corrected chi connectivity index (χ1v) is 15.6. The van der Waals surface area contributed by atoms with E-state index in [9.17, 15) is 9.36 Å². The second-order valence-electron chi connectivity index (χ2n) is 8.89. The summed E-state index contributed by atoms with van der Waals surface area (Å²) in [6, 6.07) is 7.32. The summed E-state index contributed by atoms with van der Waals surface area (Å²) < 4.78 is 23.8. The fraction of sp³-hybridized carbons (Fsp3) is 0.440. The van der Waals surface area contributed by atoms with Crippen molar-refractivity contribution >= 4 is 75.9 Å². The molecule has 1 saturated heterocycles. The number of aryl methyl sites for hydroxylation is 2. The van der Waals surface area contributed by atoms with Crippen molar-refractivity contribution in [2.24, 2.45) is 0 Å². The van der Waals surface area contributed by atoms with Gasteiger partial charge in [-0.1, -0.05) is 35.1 Å². The smallest absolute Gasteiger partial charge is 0.344 e. The Labute approximate surface area is 254 Å². The third kappa shape index (κ3) is 8.45. The molecule has 3 heterocycles. The highest BCUT2D eigenvalue weighted by molar-refractivity contribution is 8.93. The van der Waals surface area contributed by atoms with Gasteiger partial charge in [0, 0.05) is 32.2 Å². The van der Waals surface area contributed by atoms with E-state index < -0.39 is 7.60 Å². The van der Waals surface area contributed by atoms with Gasteiger partial charge >= 0.3 is 7.60 Å². The highest BCUT2D eigenvalue weighted by Crippen LogP contribution is 2.48. The zero-order chi connectivity index (χ0) is 28.0. The van der Waals surface area contributed by atoms with Crippen molar-refractivity contribution in [3.05, 3.63) is 51.7 Å². The SMILES string of the molecule is Br.CCOP(=O)(CN1CCN(c2cc(Nc3ncc(C(=O)Nc4c(C)cccc4Cl)s3)nc(C)n2)CC1)OCC. The van der Waals surface area contributed by atoms with Crippen LogP contribution in [0.15, 0.2) is 30.5 Å². The molecule has 0 radical (unpaired) electrons. The van der Waals surface area contributed by atoms with E-state index in [1.165, 1.54) is 17.5 Å². The van der Waals surface area contributed by atoms with Crippen molar-refractivity contribution in [3.8, 4) is 0 Å². The molecule has 0 saturated carbocycles. The number of benzene rings is 1. The number of carbonyl (C=O) groups is 1. The molecule has 3 aromatic rings. The van der Waals surface area contributed by atoms with Crippen LogP contribution in [0.3, 0.4) is 0 Å². The zero-order valence-corrected chi connectivity index (χ0v) is 27.0. The van der Waals surface area contributed by atoms with Gasteiger partial charge in [-0.05, 0) is 39.3 Å². The molecule has 0 bridgehead atoms. The van der Waals surface area contributed by atoms with E-state index in [4.69, 9.17) is 20.6 Å². The monoisotopic (exact) mass is 673 g/mol. The molecular weight excluding hydrogens is 641 g/mol. The molecule has 40 heavy (non-hydrogen) atoms. The fourth-order valence-electron chi connectivity index (χ4n) is 4.17. The largest absolute Gasteiger partial charge is 0.354 e. The summed E-state index contributed by atoms with van der Waals surface area (Å²) in [6.45, 7) is 10.9. The molecular formula is C25H34BrClN7O4PS. The van der Waals surface area contributed by atoms with Crippen LogP contribution in [0.5, 0.6) is 0 Å². The Balaban J connectivity index is 0.00000441. The molecule has 2 aromatic heterocycles. The highest BCUT2D eigenvalue weighted by atomic mass is 79.9. The van der Waals surface area contributed by atoms with Crippen LogP contribution in [0.2, 0.25) is 5.02 Å². The van der Waals surface area contributed by atoms with Crippen molar-refractivity contribution in [1.29, 1.82) is 0 Å². The molecule has 2 N–H and O–H groups in total.